The highest BCUT2D eigenvalue weighted by molar-refractivity contribution is 7.89. The molecule has 0 aliphatic heterocycles. The van der Waals surface area contributed by atoms with Gasteiger partial charge in [0.25, 0.3) is 5.91 Å². The van der Waals surface area contributed by atoms with Gasteiger partial charge < -0.3 is 10.1 Å². The molecule has 7 heteroatoms. The highest BCUT2D eigenvalue weighted by Crippen LogP contribution is 2.17. The van der Waals surface area contributed by atoms with Gasteiger partial charge in [0.1, 0.15) is 5.75 Å². The number of hydrogen-bond donors (Lipinski definition) is 2. The molecule has 6 nitrogen and oxygen atoms in total. The van der Waals surface area contributed by atoms with E-state index < -0.39 is 16.1 Å². The van der Waals surface area contributed by atoms with E-state index in [1.165, 1.54) is 37.4 Å². The molecule has 1 amide bonds. The predicted molar refractivity (Wildman–Crippen MR) is 76.0 cm³/mol. The third-order valence-electron chi connectivity index (χ3n) is 2.48. The van der Waals surface area contributed by atoms with E-state index in [0.29, 0.717) is 5.75 Å². The standard InChI is InChI=1S/C13H18N2O4S/c1-4-9-15-20(17,18)12-7-5-11(6-8-12)19-10(2)13(16)14-3/h4-8,10,15H,1,9H2,2-3H3,(H,14,16)/t10-/m0/s1. The highest BCUT2D eigenvalue weighted by atomic mass is 32.2. The second kappa shape index (κ2) is 7.06. The molecule has 0 aliphatic rings. The Morgan fingerprint density at radius 1 is 1.40 bits per heavy atom. The van der Waals surface area contributed by atoms with E-state index >= 15 is 0 Å². The Hall–Kier alpha value is -1.86. The van der Waals surface area contributed by atoms with E-state index in [0.717, 1.165) is 0 Å². The van der Waals surface area contributed by atoms with Crippen molar-refractivity contribution in [1.29, 1.82) is 0 Å². The molecule has 20 heavy (non-hydrogen) atoms. The van der Waals surface area contributed by atoms with Crippen LogP contribution in [0.3, 0.4) is 0 Å². The van der Waals surface area contributed by atoms with Crippen LogP contribution in [0, 0.1) is 0 Å². The molecular formula is C13H18N2O4S. The van der Waals surface area contributed by atoms with Gasteiger partial charge in [-0.3, -0.25) is 4.79 Å². The molecular weight excluding hydrogens is 280 g/mol. The fraction of sp³-hybridized carbons (Fsp3) is 0.308. The summed E-state index contributed by atoms with van der Waals surface area (Å²) in [5.41, 5.74) is 0. The van der Waals surface area contributed by atoms with Crippen LogP contribution in [-0.2, 0) is 14.8 Å². The fourth-order valence-electron chi connectivity index (χ4n) is 1.41. The Kier molecular flexibility index (Phi) is 5.72. The molecule has 0 aliphatic carbocycles. The number of nitrogens with one attached hydrogen (secondary N) is 2. The third kappa shape index (κ3) is 4.36. The van der Waals surface area contributed by atoms with Crippen molar-refractivity contribution in [2.45, 2.75) is 17.9 Å². The van der Waals surface area contributed by atoms with Crippen molar-refractivity contribution in [3.63, 3.8) is 0 Å². The van der Waals surface area contributed by atoms with Crippen molar-refractivity contribution in [2.75, 3.05) is 13.6 Å². The van der Waals surface area contributed by atoms with Crippen LogP contribution in [0.1, 0.15) is 6.92 Å². The van der Waals surface area contributed by atoms with Crippen LogP contribution in [-0.4, -0.2) is 34.0 Å². The lowest BCUT2D eigenvalue weighted by atomic mass is 10.3. The topological polar surface area (TPSA) is 84.5 Å². The Labute approximate surface area is 118 Å². The maximum atomic E-state index is 11.8. The van der Waals surface area contributed by atoms with Gasteiger partial charge in [-0.25, -0.2) is 13.1 Å². The first-order chi connectivity index (χ1) is 9.40. The first kappa shape index (κ1) is 16.2. The van der Waals surface area contributed by atoms with Crippen LogP contribution in [0.25, 0.3) is 0 Å². The van der Waals surface area contributed by atoms with Gasteiger partial charge in [-0.1, -0.05) is 6.08 Å². The Bertz CT molecular complexity index is 567. The molecule has 1 aromatic rings. The second-order valence-corrected chi connectivity index (χ2v) is 5.75. The minimum absolute atomic E-state index is 0.124. The number of hydrogen-bond acceptors (Lipinski definition) is 4. The minimum atomic E-state index is -3.54. The number of benzene rings is 1. The summed E-state index contributed by atoms with van der Waals surface area (Å²) < 4.78 is 31.4. The first-order valence-electron chi connectivity index (χ1n) is 5.99. The number of carbonyl (C=O) groups is 1. The van der Waals surface area contributed by atoms with Gasteiger partial charge >= 0.3 is 0 Å². The van der Waals surface area contributed by atoms with Gasteiger partial charge in [0, 0.05) is 13.6 Å². The van der Waals surface area contributed by atoms with Crippen molar-refractivity contribution >= 4 is 15.9 Å². The first-order valence-corrected chi connectivity index (χ1v) is 7.48. The monoisotopic (exact) mass is 298 g/mol. The Morgan fingerprint density at radius 3 is 2.50 bits per heavy atom. The van der Waals surface area contributed by atoms with Crippen LogP contribution in [0.5, 0.6) is 5.75 Å². The summed E-state index contributed by atoms with van der Waals surface area (Å²) in [6, 6.07) is 5.83. The van der Waals surface area contributed by atoms with Gasteiger partial charge in [-0.2, -0.15) is 0 Å². The quantitative estimate of drug-likeness (QED) is 0.724. The minimum Gasteiger partial charge on any atom is -0.481 e. The summed E-state index contributed by atoms with van der Waals surface area (Å²) in [6.07, 6.45) is 0.807. The molecule has 1 rings (SSSR count). The molecule has 0 bridgehead atoms. The molecule has 1 atom stereocenters. The molecule has 0 spiro atoms. The number of carbonyl (C=O) groups excluding carboxylic acids is 1. The summed E-state index contributed by atoms with van der Waals surface area (Å²) in [5.74, 6) is 0.165. The number of ether oxygens (including phenoxy) is 1. The summed E-state index contributed by atoms with van der Waals surface area (Å²) in [6.45, 7) is 5.21. The Morgan fingerprint density at radius 2 is 2.00 bits per heavy atom. The number of rotatable bonds is 7. The van der Waals surface area contributed by atoms with E-state index in [1.807, 2.05) is 0 Å². The molecule has 2 N–H and O–H groups in total. The lowest BCUT2D eigenvalue weighted by Crippen LogP contribution is -2.33. The van der Waals surface area contributed by atoms with Gasteiger partial charge in [-0.05, 0) is 31.2 Å². The van der Waals surface area contributed by atoms with Crippen LogP contribution >= 0.6 is 0 Å². The lowest BCUT2D eigenvalue weighted by molar-refractivity contribution is -0.126. The average Bonchev–Trinajstić information content (AvgIpc) is 2.44. The lowest BCUT2D eigenvalue weighted by Gasteiger charge is -2.13. The zero-order valence-corrected chi connectivity index (χ0v) is 12.2. The van der Waals surface area contributed by atoms with Crippen molar-refractivity contribution < 1.29 is 17.9 Å². The average molecular weight is 298 g/mol. The molecule has 0 aromatic heterocycles. The van der Waals surface area contributed by atoms with E-state index in [2.05, 4.69) is 16.6 Å². The van der Waals surface area contributed by atoms with Crippen LogP contribution < -0.4 is 14.8 Å². The largest absolute Gasteiger partial charge is 0.481 e. The van der Waals surface area contributed by atoms with E-state index in [9.17, 15) is 13.2 Å². The maximum absolute atomic E-state index is 11.8. The van der Waals surface area contributed by atoms with Crippen molar-refractivity contribution in [3.05, 3.63) is 36.9 Å². The summed E-state index contributed by atoms with van der Waals surface area (Å²) in [4.78, 5) is 11.4. The van der Waals surface area contributed by atoms with Gasteiger partial charge in [0.15, 0.2) is 6.10 Å². The van der Waals surface area contributed by atoms with Gasteiger partial charge in [0.05, 0.1) is 4.90 Å². The number of amides is 1. The smallest absolute Gasteiger partial charge is 0.260 e. The fourth-order valence-corrected chi connectivity index (χ4v) is 2.41. The summed E-state index contributed by atoms with van der Waals surface area (Å²) >= 11 is 0. The SMILES string of the molecule is C=CCNS(=O)(=O)c1ccc(O[C@@H](C)C(=O)NC)cc1. The molecule has 0 saturated heterocycles. The number of likely N-dealkylation sites (N-methyl/N-ethyl adjacent to an activating group) is 1. The zero-order valence-electron chi connectivity index (χ0n) is 11.4. The summed E-state index contributed by atoms with van der Waals surface area (Å²) in [7, 11) is -2.03. The highest BCUT2D eigenvalue weighted by Gasteiger charge is 2.15. The Balaban J connectivity index is 2.79. The van der Waals surface area contributed by atoms with E-state index in [1.54, 1.807) is 6.92 Å². The zero-order chi connectivity index (χ0) is 15.2. The van der Waals surface area contributed by atoms with Crippen molar-refractivity contribution in [2.24, 2.45) is 0 Å². The molecule has 0 heterocycles. The summed E-state index contributed by atoms with van der Waals surface area (Å²) in [5, 5.41) is 2.46. The second-order valence-electron chi connectivity index (χ2n) is 3.99. The van der Waals surface area contributed by atoms with Crippen molar-refractivity contribution in [3.8, 4) is 5.75 Å². The maximum Gasteiger partial charge on any atom is 0.260 e. The van der Waals surface area contributed by atoms with Crippen molar-refractivity contribution in [1.82, 2.24) is 10.0 Å². The van der Waals surface area contributed by atoms with Crippen LogP contribution in [0.2, 0.25) is 0 Å². The van der Waals surface area contributed by atoms with Gasteiger partial charge in [0.2, 0.25) is 10.0 Å². The van der Waals surface area contributed by atoms with Crippen LogP contribution in [0.4, 0.5) is 0 Å². The van der Waals surface area contributed by atoms with Crippen LogP contribution in [0.15, 0.2) is 41.8 Å². The molecule has 1 aromatic carbocycles. The predicted octanol–water partition coefficient (Wildman–Crippen LogP) is 0.664. The van der Waals surface area contributed by atoms with E-state index in [4.69, 9.17) is 4.74 Å². The molecule has 0 saturated carbocycles. The third-order valence-corrected chi connectivity index (χ3v) is 3.92. The molecule has 0 unspecified atom stereocenters. The van der Waals surface area contributed by atoms with Gasteiger partial charge in [-0.15, -0.1) is 6.58 Å². The number of sulfonamides is 1. The molecule has 110 valence electrons. The molecule has 0 fully saturated rings. The molecule has 0 radical (unpaired) electrons. The normalized spacial score (nSPS) is 12.5. The van der Waals surface area contributed by atoms with E-state index in [-0.39, 0.29) is 17.3 Å².